The Morgan fingerprint density at radius 2 is 0.982 bits per heavy atom. The number of rotatable bonds is 37. The average Bonchev–Trinajstić information content (AvgIpc) is 3.20. The molecule has 0 aromatic carbocycles. The van der Waals surface area contributed by atoms with Gasteiger partial charge in [-0.15, -0.1) is 0 Å². The molecule has 0 spiro atoms. The Hall–Kier alpha value is -3.59. The lowest BCUT2D eigenvalue weighted by molar-refractivity contribution is -0.161. The highest BCUT2D eigenvalue weighted by Crippen LogP contribution is 2.43. The van der Waals surface area contributed by atoms with Crippen molar-refractivity contribution in [3.05, 3.63) is 122 Å². The zero-order chi connectivity index (χ0) is 41.8. The number of hydrogen-bond donors (Lipinski definition) is 2. The van der Waals surface area contributed by atoms with Crippen LogP contribution in [0.15, 0.2) is 122 Å². The van der Waals surface area contributed by atoms with E-state index in [4.69, 9.17) is 24.3 Å². The maximum Gasteiger partial charge on any atom is 0.472 e. The number of hydrogen-bond acceptors (Lipinski definition) is 8. The molecule has 57 heavy (non-hydrogen) atoms. The summed E-state index contributed by atoms with van der Waals surface area (Å²) in [5, 5.41) is 0. The lowest BCUT2D eigenvalue weighted by Gasteiger charge is -2.19. The molecule has 320 valence electrons. The SMILES string of the molecule is CC/C=C\C/C=C\C/C=C\C/C=C\C/C=C\C/C=C\CCC(=O)O[C@H](COC(=O)CCC/C=C\C/C=C\C/C=C\C/C=C\CCCCC)COP(=O)(O)OCCN. The Morgan fingerprint density at radius 3 is 1.44 bits per heavy atom. The van der Waals surface area contributed by atoms with E-state index in [2.05, 4.69) is 117 Å². The zero-order valence-corrected chi connectivity index (χ0v) is 35.9. The molecule has 0 amide bonds. The van der Waals surface area contributed by atoms with Crippen molar-refractivity contribution in [1.29, 1.82) is 0 Å². The summed E-state index contributed by atoms with van der Waals surface area (Å²) in [6, 6.07) is 0. The molecule has 0 saturated carbocycles. The average molecular weight is 812 g/mol. The van der Waals surface area contributed by atoms with Gasteiger partial charge in [-0.3, -0.25) is 18.6 Å². The molecule has 0 rings (SSSR count). The predicted octanol–water partition coefficient (Wildman–Crippen LogP) is 12.2. The molecule has 0 aliphatic carbocycles. The van der Waals surface area contributed by atoms with Gasteiger partial charge in [0.25, 0.3) is 0 Å². The first-order valence-corrected chi connectivity index (χ1v) is 22.5. The minimum absolute atomic E-state index is 0.0274. The molecule has 0 radical (unpaired) electrons. The fourth-order valence-corrected chi connectivity index (χ4v) is 5.53. The van der Waals surface area contributed by atoms with Crippen molar-refractivity contribution in [2.45, 2.75) is 136 Å². The summed E-state index contributed by atoms with van der Waals surface area (Å²) >= 11 is 0. The van der Waals surface area contributed by atoms with Gasteiger partial charge in [0.1, 0.15) is 6.61 Å². The molecule has 0 aliphatic heterocycles. The van der Waals surface area contributed by atoms with Crippen LogP contribution in [-0.2, 0) is 32.7 Å². The summed E-state index contributed by atoms with van der Waals surface area (Å²) in [5.41, 5.74) is 5.33. The van der Waals surface area contributed by atoms with Crippen molar-refractivity contribution >= 4 is 19.8 Å². The van der Waals surface area contributed by atoms with Crippen molar-refractivity contribution < 1.29 is 37.6 Å². The molecule has 0 bridgehead atoms. The van der Waals surface area contributed by atoms with Crippen LogP contribution in [0.1, 0.15) is 129 Å². The van der Waals surface area contributed by atoms with Gasteiger partial charge in [-0.05, 0) is 89.9 Å². The lowest BCUT2D eigenvalue weighted by Crippen LogP contribution is -2.29. The van der Waals surface area contributed by atoms with Gasteiger partial charge in [0, 0.05) is 19.4 Å². The molecule has 0 saturated heterocycles. The number of unbranched alkanes of at least 4 members (excludes halogenated alkanes) is 4. The van der Waals surface area contributed by atoms with Crippen LogP contribution in [0.5, 0.6) is 0 Å². The third kappa shape index (κ3) is 41.9. The number of carbonyl (C=O) groups excluding carboxylic acids is 2. The van der Waals surface area contributed by atoms with Crippen LogP contribution >= 0.6 is 7.82 Å². The number of nitrogens with two attached hydrogens (primary N) is 1. The normalized spacial score (nSPS) is 14.5. The van der Waals surface area contributed by atoms with Crippen LogP contribution in [-0.4, -0.2) is 49.3 Å². The number of esters is 2. The van der Waals surface area contributed by atoms with E-state index in [-0.39, 0.29) is 32.6 Å². The minimum Gasteiger partial charge on any atom is -0.462 e. The first kappa shape index (κ1) is 53.4. The highest BCUT2D eigenvalue weighted by Gasteiger charge is 2.25. The van der Waals surface area contributed by atoms with Gasteiger partial charge in [-0.1, -0.05) is 148 Å². The first-order valence-electron chi connectivity index (χ1n) is 21.0. The molecule has 1 unspecified atom stereocenters. The number of allylic oxidation sites excluding steroid dienone is 20. The van der Waals surface area contributed by atoms with Gasteiger partial charge >= 0.3 is 19.8 Å². The van der Waals surface area contributed by atoms with Crippen molar-refractivity contribution in [3.8, 4) is 0 Å². The number of phosphoric ester groups is 1. The summed E-state index contributed by atoms with van der Waals surface area (Å²) in [4.78, 5) is 34.8. The highest BCUT2D eigenvalue weighted by atomic mass is 31.2. The van der Waals surface area contributed by atoms with Crippen molar-refractivity contribution in [1.82, 2.24) is 0 Å². The molecule has 9 nitrogen and oxygen atoms in total. The summed E-state index contributed by atoms with van der Waals surface area (Å²) in [5.74, 6) is -1.01. The van der Waals surface area contributed by atoms with E-state index in [0.29, 0.717) is 12.8 Å². The summed E-state index contributed by atoms with van der Waals surface area (Å²) in [7, 11) is -4.42. The third-order valence-electron chi connectivity index (χ3n) is 7.85. The van der Waals surface area contributed by atoms with Crippen LogP contribution in [0.25, 0.3) is 0 Å². The quantitative estimate of drug-likeness (QED) is 0.0272. The molecular formula is C47H74NO8P. The van der Waals surface area contributed by atoms with Crippen LogP contribution in [0.2, 0.25) is 0 Å². The van der Waals surface area contributed by atoms with Crippen molar-refractivity contribution in [2.75, 3.05) is 26.4 Å². The molecule has 0 fully saturated rings. The summed E-state index contributed by atoms with van der Waals surface area (Å²) < 4.78 is 32.6. The molecule has 3 N–H and O–H groups in total. The molecule has 2 atom stereocenters. The minimum atomic E-state index is -4.42. The van der Waals surface area contributed by atoms with Gasteiger partial charge in [0.05, 0.1) is 13.2 Å². The standard InChI is InChI=1S/C47H74NO8P/c1-3-5-7-9-11-13-15-17-19-21-22-24-26-28-30-32-34-36-38-40-47(50)56-45(44-55-57(51,52)54-42-41-48)43-53-46(49)39-37-35-33-31-29-27-25-23-20-18-16-14-12-10-8-6-4-2/h5,7,11-14,17-20,22,24-25,27-28,30-31,33-34,36,45H,3-4,6,8-10,15-16,21,23,26,29,32,35,37-44,48H2,1-2H3,(H,51,52)/b7-5-,13-11-,14-12-,19-17-,20-18-,24-22-,27-25-,30-28-,33-31-,36-34-/t45-/m1/s1. The largest absolute Gasteiger partial charge is 0.472 e. The molecule has 10 heteroatoms. The third-order valence-corrected chi connectivity index (χ3v) is 8.83. The van der Waals surface area contributed by atoms with Gasteiger partial charge in [-0.25, -0.2) is 4.57 Å². The number of phosphoric acid groups is 1. The molecule has 0 aromatic heterocycles. The van der Waals surface area contributed by atoms with Gasteiger partial charge in [0.15, 0.2) is 6.10 Å². The maximum atomic E-state index is 12.5. The number of carbonyl (C=O) groups is 2. The number of ether oxygens (including phenoxy) is 2. The Morgan fingerprint density at radius 1 is 0.544 bits per heavy atom. The van der Waals surface area contributed by atoms with E-state index in [1.54, 1.807) is 0 Å². The van der Waals surface area contributed by atoms with E-state index in [1.165, 1.54) is 19.3 Å². The van der Waals surface area contributed by atoms with Crippen LogP contribution in [0, 0.1) is 0 Å². The second-order valence-corrected chi connectivity index (χ2v) is 14.6. The summed E-state index contributed by atoms with van der Waals surface area (Å²) in [6.45, 7) is 3.40. The fraction of sp³-hybridized carbons (Fsp3) is 0.532. The Kier molecular flexibility index (Phi) is 39.4. The second kappa shape index (κ2) is 42.0. The molecule has 0 aromatic rings. The Balaban J connectivity index is 4.43. The molecule has 0 aliphatic rings. The Labute approximate surface area is 345 Å². The first-order chi connectivity index (χ1) is 27.8. The van der Waals surface area contributed by atoms with Gasteiger partial charge in [-0.2, -0.15) is 0 Å². The van der Waals surface area contributed by atoms with E-state index >= 15 is 0 Å². The van der Waals surface area contributed by atoms with E-state index in [0.717, 1.165) is 70.6 Å². The monoisotopic (exact) mass is 812 g/mol. The lowest BCUT2D eigenvalue weighted by atomic mass is 10.2. The van der Waals surface area contributed by atoms with Crippen molar-refractivity contribution in [3.63, 3.8) is 0 Å². The second-order valence-electron chi connectivity index (χ2n) is 13.1. The molecular weight excluding hydrogens is 737 g/mol. The van der Waals surface area contributed by atoms with E-state index in [9.17, 15) is 19.0 Å². The zero-order valence-electron chi connectivity index (χ0n) is 35.0. The predicted molar refractivity (Wildman–Crippen MR) is 237 cm³/mol. The van der Waals surface area contributed by atoms with Crippen LogP contribution in [0.3, 0.4) is 0 Å². The van der Waals surface area contributed by atoms with E-state index < -0.39 is 32.5 Å². The fourth-order valence-electron chi connectivity index (χ4n) is 4.77. The Bertz CT molecular complexity index is 1340. The van der Waals surface area contributed by atoms with Crippen LogP contribution < -0.4 is 5.73 Å². The van der Waals surface area contributed by atoms with Crippen molar-refractivity contribution in [2.24, 2.45) is 5.73 Å². The summed E-state index contributed by atoms with van der Waals surface area (Å²) in [6.07, 6.45) is 56.8. The van der Waals surface area contributed by atoms with Crippen LogP contribution in [0.4, 0.5) is 0 Å². The van der Waals surface area contributed by atoms with E-state index in [1.807, 2.05) is 18.2 Å². The topological polar surface area (TPSA) is 134 Å². The maximum absolute atomic E-state index is 12.5. The smallest absolute Gasteiger partial charge is 0.462 e. The van der Waals surface area contributed by atoms with Gasteiger partial charge < -0.3 is 20.1 Å². The highest BCUT2D eigenvalue weighted by molar-refractivity contribution is 7.47. The molecule has 0 heterocycles. The van der Waals surface area contributed by atoms with Gasteiger partial charge in [0.2, 0.25) is 0 Å².